The summed E-state index contributed by atoms with van der Waals surface area (Å²) >= 11 is 0. The van der Waals surface area contributed by atoms with Gasteiger partial charge in [-0.25, -0.2) is 0 Å². The molecule has 2 aliphatic heterocycles. The molecule has 4 nitrogen and oxygen atoms in total. The summed E-state index contributed by atoms with van der Waals surface area (Å²) in [6.07, 6.45) is 1.12. The molecule has 1 aromatic carbocycles. The van der Waals surface area contributed by atoms with Crippen LogP contribution in [0.1, 0.15) is 17.5 Å². The van der Waals surface area contributed by atoms with E-state index in [0.29, 0.717) is 0 Å². The Kier molecular flexibility index (Phi) is 3.76. The molecule has 0 saturated carbocycles. The largest absolute Gasteiger partial charge is 0.371 e. The van der Waals surface area contributed by atoms with Crippen LogP contribution in [0.3, 0.4) is 0 Å². The van der Waals surface area contributed by atoms with Crippen LogP contribution in [0.2, 0.25) is 0 Å². The van der Waals surface area contributed by atoms with Gasteiger partial charge < -0.3 is 10.1 Å². The molecule has 2 heterocycles. The first kappa shape index (κ1) is 13.6. The molecule has 0 aliphatic carbocycles. The highest BCUT2D eigenvalue weighted by atomic mass is 16.5. The smallest absolute Gasteiger partial charge is 0.225 e. The maximum atomic E-state index is 11.8. The average Bonchev–Trinajstić information content (AvgIpc) is 2.75. The molecule has 108 valence electrons. The zero-order valence-electron chi connectivity index (χ0n) is 12.1. The molecule has 0 aromatic heterocycles. The molecule has 3 rings (SSSR count). The number of morpholine rings is 1. The molecule has 1 amide bonds. The molecule has 0 spiro atoms. The molecule has 0 unspecified atom stereocenters. The predicted octanol–water partition coefficient (Wildman–Crippen LogP) is 1.33. The van der Waals surface area contributed by atoms with Crippen molar-refractivity contribution in [2.24, 2.45) is 5.92 Å². The second-order valence-electron chi connectivity index (χ2n) is 5.93. The molecule has 2 aliphatic rings. The van der Waals surface area contributed by atoms with Crippen molar-refractivity contribution in [3.63, 3.8) is 0 Å². The summed E-state index contributed by atoms with van der Waals surface area (Å²) in [4.78, 5) is 14.3. The molecule has 1 N–H and O–H groups in total. The second kappa shape index (κ2) is 5.54. The van der Waals surface area contributed by atoms with Crippen molar-refractivity contribution in [1.29, 1.82) is 0 Å². The van der Waals surface area contributed by atoms with Gasteiger partial charge in [-0.1, -0.05) is 29.8 Å². The van der Waals surface area contributed by atoms with E-state index in [0.717, 1.165) is 26.1 Å². The number of amides is 1. The summed E-state index contributed by atoms with van der Waals surface area (Å²) in [7, 11) is 1.70. The van der Waals surface area contributed by atoms with Gasteiger partial charge in [-0.15, -0.1) is 0 Å². The number of carbonyl (C=O) groups is 1. The Balaban J connectivity index is 1.64. The Labute approximate surface area is 120 Å². The van der Waals surface area contributed by atoms with E-state index >= 15 is 0 Å². The Morgan fingerprint density at radius 1 is 1.35 bits per heavy atom. The first-order valence-corrected chi connectivity index (χ1v) is 7.30. The van der Waals surface area contributed by atoms with Crippen LogP contribution in [0.5, 0.6) is 0 Å². The summed E-state index contributed by atoms with van der Waals surface area (Å²) in [5, 5.41) is 2.75. The molecule has 20 heavy (non-hydrogen) atoms. The topological polar surface area (TPSA) is 41.6 Å². The number of carbonyl (C=O) groups excluding carboxylic acids is 1. The molecule has 2 bridgehead atoms. The minimum Gasteiger partial charge on any atom is -0.371 e. The van der Waals surface area contributed by atoms with Crippen molar-refractivity contribution in [2.45, 2.75) is 32.1 Å². The molecule has 0 radical (unpaired) electrons. The Morgan fingerprint density at radius 3 is 2.80 bits per heavy atom. The Hall–Kier alpha value is -1.39. The summed E-state index contributed by atoms with van der Waals surface area (Å²) in [6, 6.07) is 8.67. The first-order chi connectivity index (χ1) is 9.65. The van der Waals surface area contributed by atoms with E-state index in [2.05, 4.69) is 41.4 Å². The van der Waals surface area contributed by atoms with Crippen molar-refractivity contribution < 1.29 is 9.53 Å². The maximum absolute atomic E-state index is 11.8. The van der Waals surface area contributed by atoms with Gasteiger partial charge in [0.2, 0.25) is 5.91 Å². The van der Waals surface area contributed by atoms with E-state index in [1.54, 1.807) is 7.05 Å². The lowest BCUT2D eigenvalue weighted by atomic mass is 10.00. The molecule has 1 aromatic rings. The van der Waals surface area contributed by atoms with E-state index in [4.69, 9.17) is 4.74 Å². The van der Waals surface area contributed by atoms with Gasteiger partial charge in [-0.05, 0) is 18.9 Å². The Bertz CT molecular complexity index is 486. The normalized spacial score (nSPS) is 29.4. The summed E-state index contributed by atoms with van der Waals surface area (Å²) in [5.41, 5.74) is 2.61. The fourth-order valence-electron chi connectivity index (χ4n) is 3.28. The highest BCUT2D eigenvalue weighted by Gasteiger charge is 2.44. The van der Waals surface area contributed by atoms with Crippen LogP contribution < -0.4 is 5.32 Å². The van der Waals surface area contributed by atoms with Crippen LogP contribution in [0, 0.1) is 12.8 Å². The number of hydrogen-bond acceptors (Lipinski definition) is 3. The third kappa shape index (κ3) is 2.72. The number of hydrogen-bond donors (Lipinski definition) is 1. The van der Waals surface area contributed by atoms with Crippen LogP contribution in [-0.4, -0.2) is 43.2 Å². The average molecular weight is 274 g/mol. The maximum Gasteiger partial charge on any atom is 0.225 e. The predicted molar refractivity (Wildman–Crippen MR) is 77.3 cm³/mol. The fourth-order valence-corrected chi connectivity index (χ4v) is 3.28. The number of fused-ring (bicyclic) bond motifs is 2. The van der Waals surface area contributed by atoms with Gasteiger partial charge >= 0.3 is 0 Å². The monoisotopic (exact) mass is 274 g/mol. The van der Waals surface area contributed by atoms with Crippen molar-refractivity contribution in [1.82, 2.24) is 10.2 Å². The van der Waals surface area contributed by atoms with E-state index in [9.17, 15) is 4.79 Å². The molecule has 2 saturated heterocycles. The number of benzene rings is 1. The molecular weight excluding hydrogens is 252 g/mol. The lowest BCUT2D eigenvalue weighted by Gasteiger charge is -2.32. The highest BCUT2D eigenvalue weighted by molar-refractivity contribution is 5.79. The van der Waals surface area contributed by atoms with Crippen molar-refractivity contribution in [2.75, 3.05) is 20.1 Å². The quantitative estimate of drug-likeness (QED) is 0.904. The third-order valence-electron chi connectivity index (χ3n) is 4.34. The minimum atomic E-state index is 0.0213. The van der Waals surface area contributed by atoms with Crippen LogP contribution >= 0.6 is 0 Å². The Morgan fingerprint density at radius 2 is 2.10 bits per heavy atom. The molecular formula is C16H22N2O2. The van der Waals surface area contributed by atoms with Gasteiger partial charge in [0.05, 0.1) is 18.1 Å². The SMILES string of the molecule is CNC(=O)[C@H]1C[C@@H]2CN(Cc3ccc(C)cc3)C[C@H]1O2. The van der Waals surface area contributed by atoms with E-state index < -0.39 is 0 Å². The van der Waals surface area contributed by atoms with Gasteiger partial charge in [0.15, 0.2) is 0 Å². The van der Waals surface area contributed by atoms with Crippen LogP contribution in [-0.2, 0) is 16.1 Å². The van der Waals surface area contributed by atoms with E-state index in [1.165, 1.54) is 11.1 Å². The van der Waals surface area contributed by atoms with Crippen LogP contribution in [0.25, 0.3) is 0 Å². The number of ether oxygens (including phenoxy) is 1. The summed E-state index contributed by atoms with van der Waals surface area (Å²) in [6.45, 7) is 4.82. The number of nitrogens with one attached hydrogen (secondary N) is 1. The number of rotatable bonds is 3. The van der Waals surface area contributed by atoms with Crippen molar-refractivity contribution in [3.8, 4) is 0 Å². The lowest BCUT2D eigenvalue weighted by Crippen LogP contribution is -2.44. The van der Waals surface area contributed by atoms with Gasteiger partial charge in [0.1, 0.15) is 0 Å². The van der Waals surface area contributed by atoms with Gasteiger partial charge in [0.25, 0.3) is 0 Å². The third-order valence-corrected chi connectivity index (χ3v) is 4.34. The van der Waals surface area contributed by atoms with Crippen molar-refractivity contribution in [3.05, 3.63) is 35.4 Å². The van der Waals surface area contributed by atoms with Gasteiger partial charge in [0, 0.05) is 26.7 Å². The van der Waals surface area contributed by atoms with E-state index in [-0.39, 0.29) is 24.0 Å². The number of aryl methyl sites for hydroxylation is 1. The number of nitrogens with zero attached hydrogens (tertiary/aromatic N) is 1. The van der Waals surface area contributed by atoms with Crippen LogP contribution in [0.15, 0.2) is 24.3 Å². The summed E-state index contributed by atoms with van der Waals surface area (Å²) < 4.78 is 5.92. The first-order valence-electron chi connectivity index (χ1n) is 7.30. The van der Waals surface area contributed by atoms with Gasteiger partial charge in [-0.3, -0.25) is 9.69 Å². The van der Waals surface area contributed by atoms with Crippen LogP contribution in [0.4, 0.5) is 0 Å². The molecule has 2 fully saturated rings. The lowest BCUT2D eigenvalue weighted by molar-refractivity contribution is -0.127. The summed E-state index contributed by atoms with van der Waals surface area (Å²) in [5.74, 6) is 0.141. The minimum absolute atomic E-state index is 0.0213. The number of likely N-dealkylation sites (tertiary alicyclic amines) is 1. The zero-order valence-corrected chi connectivity index (χ0v) is 12.1. The van der Waals surface area contributed by atoms with E-state index in [1.807, 2.05) is 0 Å². The standard InChI is InChI=1S/C16H22N2O2/c1-11-3-5-12(6-4-11)8-18-9-13-7-14(16(19)17-2)15(10-18)20-13/h3-6,13-15H,7-10H2,1-2H3,(H,17,19)/t13-,14+,15-/m1/s1. The molecule has 3 atom stereocenters. The van der Waals surface area contributed by atoms with Gasteiger partial charge in [-0.2, -0.15) is 0 Å². The zero-order chi connectivity index (χ0) is 14.1. The fraction of sp³-hybridized carbons (Fsp3) is 0.562. The second-order valence-corrected chi connectivity index (χ2v) is 5.93. The molecule has 4 heteroatoms. The highest BCUT2D eigenvalue weighted by Crippen LogP contribution is 2.32. The van der Waals surface area contributed by atoms with Crippen molar-refractivity contribution >= 4 is 5.91 Å².